The number of nitrogens with one attached hydrogen (secondary N) is 2. The summed E-state index contributed by atoms with van der Waals surface area (Å²) in [5.41, 5.74) is 2.22. The van der Waals surface area contributed by atoms with E-state index in [1.54, 1.807) is 0 Å². The molecule has 2 N–H and O–H groups in total. The number of para-hydroxylation sites is 2. The molecule has 1 fully saturated rings. The average Bonchev–Trinajstić information content (AvgIpc) is 3.55. The van der Waals surface area contributed by atoms with Crippen LogP contribution in [0.4, 0.5) is 5.69 Å². The van der Waals surface area contributed by atoms with Crippen molar-refractivity contribution in [3.63, 3.8) is 0 Å². The fourth-order valence-electron chi connectivity index (χ4n) is 4.81. The predicted octanol–water partition coefficient (Wildman–Crippen LogP) is 3.07. The second-order valence-corrected chi connectivity index (χ2v) is 8.68. The van der Waals surface area contributed by atoms with Gasteiger partial charge in [0, 0.05) is 24.2 Å². The summed E-state index contributed by atoms with van der Waals surface area (Å²) in [6, 6.07) is 10.5. The maximum atomic E-state index is 13.7. The molecule has 4 aromatic rings. The van der Waals surface area contributed by atoms with Crippen molar-refractivity contribution in [1.29, 1.82) is 0 Å². The number of aromatic amines is 2. The largest absolute Gasteiger partial charge is 0.493 e. The summed E-state index contributed by atoms with van der Waals surface area (Å²) in [6.45, 7) is 1.98. The van der Waals surface area contributed by atoms with Crippen molar-refractivity contribution in [1.82, 2.24) is 19.7 Å². The van der Waals surface area contributed by atoms with Gasteiger partial charge in [0.25, 0.3) is 5.56 Å². The highest BCUT2D eigenvalue weighted by Crippen LogP contribution is 2.43. The minimum absolute atomic E-state index is 0.139. The first-order valence-electron chi connectivity index (χ1n) is 11.9. The molecule has 11 heteroatoms. The second-order valence-electron chi connectivity index (χ2n) is 8.68. The summed E-state index contributed by atoms with van der Waals surface area (Å²) in [7, 11) is 4.38. The van der Waals surface area contributed by atoms with Crippen molar-refractivity contribution >= 4 is 28.5 Å². The number of benzene rings is 2. The minimum atomic E-state index is -0.942. The number of anilines is 1. The maximum Gasteiger partial charge on any atom is 0.278 e. The van der Waals surface area contributed by atoms with Crippen LogP contribution in [0.5, 0.6) is 17.2 Å². The van der Waals surface area contributed by atoms with Gasteiger partial charge in [0.2, 0.25) is 23.5 Å². The Morgan fingerprint density at radius 3 is 2.35 bits per heavy atom. The van der Waals surface area contributed by atoms with E-state index in [2.05, 4.69) is 15.1 Å². The molecular weight excluding hydrogens is 478 g/mol. The van der Waals surface area contributed by atoms with Crippen LogP contribution in [-0.2, 0) is 16.0 Å². The molecule has 0 spiro atoms. The summed E-state index contributed by atoms with van der Waals surface area (Å²) in [5.74, 6) is -0.598. The van der Waals surface area contributed by atoms with Gasteiger partial charge in [-0.2, -0.15) is 4.68 Å². The number of ether oxygens (including phenoxy) is 3. The zero-order valence-electron chi connectivity index (χ0n) is 21.0. The number of hydrogen-bond acceptors (Lipinski definition) is 7. The Bertz CT molecular complexity index is 1510. The van der Waals surface area contributed by atoms with E-state index in [-0.39, 0.29) is 17.7 Å². The molecular formula is C26H27N5O6. The number of imidazole rings is 1. The van der Waals surface area contributed by atoms with Gasteiger partial charge in [-0.1, -0.05) is 25.5 Å². The van der Waals surface area contributed by atoms with Gasteiger partial charge in [-0.05, 0) is 18.6 Å². The third-order valence-corrected chi connectivity index (χ3v) is 6.50. The maximum absolute atomic E-state index is 13.7. The molecule has 1 saturated heterocycles. The molecule has 2 amide bonds. The molecule has 2 aromatic carbocycles. The second kappa shape index (κ2) is 9.49. The Morgan fingerprint density at radius 1 is 1.03 bits per heavy atom. The highest BCUT2D eigenvalue weighted by atomic mass is 16.5. The third kappa shape index (κ3) is 3.92. The molecule has 0 saturated carbocycles. The van der Waals surface area contributed by atoms with Crippen molar-refractivity contribution in [3.05, 3.63) is 58.0 Å². The van der Waals surface area contributed by atoms with Crippen molar-refractivity contribution in [3.8, 4) is 23.2 Å². The number of carbonyl (C=O) groups is 2. The van der Waals surface area contributed by atoms with Crippen LogP contribution in [0.3, 0.4) is 0 Å². The smallest absolute Gasteiger partial charge is 0.278 e. The molecule has 0 radical (unpaired) electrons. The number of aryl methyl sites for hydroxylation is 1. The number of carbonyl (C=O) groups excluding carboxylic acids is 2. The van der Waals surface area contributed by atoms with Gasteiger partial charge in [-0.25, -0.2) is 9.88 Å². The van der Waals surface area contributed by atoms with Crippen LogP contribution in [-0.4, -0.2) is 52.9 Å². The number of rotatable bonds is 8. The lowest BCUT2D eigenvalue weighted by atomic mass is 9.96. The Hall–Kier alpha value is -4.54. The van der Waals surface area contributed by atoms with Crippen molar-refractivity contribution in [2.45, 2.75) is 32.1 Å². The first kappa shape index (κ1) is 24.2. The zero-order valence-corrected chi connectivity index (χ0v) is 21.0. The lowest BCUT2D eigenvalue weighted by Gasteiger charge is -2.19. The van der Waals surface area contributed by atoms with E-state index in [1.807, 2.05) is 31.2 Å². The van der Waals surface area contributed by atoms with E-state index in [0.29, 0.717) is 40.8 Å². The van der Waals surface area contributed by atoms with Crippen LogP contribution < -0.4 is 24.7 Å². The van der Waals surface area contributed by atoms with Crippen LogP contribution in [0, 0.1) is 0 Å². The van der Waals surface area contributed by atoms with Crippen LogP contribution in [0.25, 0.3) is 17.0 Å². The van der Waals surface area contributed by atoms with Gasteiger partial charge >= 0.3 is 0 Å². The molecule has 1 unspecified atom stereocenters. The number of H-pyrrole nitrogens is 2. The predicted molar refractivity (Wildman–Crippen MR) is 136 cm³/mol. The van der Waals surface area contributed by atoms with Crippen LogP contribution in [0.15, 0.2) is 41.2 Å². The number of amides is 2. The van der Waals surface area contributed by atoms with Gasteiger partial charge in [-0.15, -0.1) is 0 Å². The highest BCUT2D eigenvalue weighted by molar-refractivity contribution is 6.23. The average molecular weight is 506 g/mol. The van der Waals surface area contributed by atoms with E-state index >= 15 is 0 Å². The Labute approximate surface area is 211 Å². The number of hydrogen-bond donors (Lipinski definition) is 2. The Kier molecular flexibility index (Phi) is 6.20. The fraction of sp³-hybridized carbons (Fsp3) is 0.308. The summed E-state index contributed by atoms with van der Waals surface area (Å²) in [6.07, 6.45) is 1.12. The Morgan fingerprint density at radius 2 is 1.73 bits per heavy atom. The molecule has 5 rings (SSSR count). The van der Waals surface area contributed by atoms with E-state index < -0.39 is 23.3 Å². The monoisotopic (exact) mass is 505 g/mol. The lowest BCUT2D eigenvalue weighted by molar-refractivity contribution is -0.121. The van der Waals surface area contributed by atoms with Gasteiger partial charge in [0.05, 0.1) is 49.5 Å². The number of nitrogens with zero attached hydrogens (tertiary/aromatic N) is 3. The molecule has 0 aliphatic carbocycles. The van der Waals surface area contributed by atoms with Crippen LogP contribution in [0.1, 0.15) is 36.9 Å². The number of fused-ring (bicyclic) bond motifs is 1. The first-order valence-corrected chi connectivity index (χ1v) is 11.9. The molecule has 192 valence electrons. The summed E-state index contributed by atoms with van der Waals surface area (Å²) >= 11 is 0. The standard InChI is InChI=1S/C26H27N5O6/c1-5-8-18-22(25(34)31(29-18)26-27-16-9-6-7-10-17(16)28-26)15-13-21(32)30(24(15)33)14-11-19(35-2)23(37-4)20(12-14)36-3/h6-7,9-12,15,29H,5,8,13H2,1-4H3,(H,27,28). The van der Waals surface area contributed by atoms with Gasteiger partial charge in [0.15, 0.2) is 11.5 Å². The van der Waals surface area contributed by atoms with E-state index in [4.69, 9.17) is 14.2 Å². The fourth-order valence-corrected chi connectivity index (χ4v) is 4.81. The molecule has 2 aromatic heterocycles. The lowest BCUT2D eigenvalue weighted by Crippen LogP contribution is -2.31. The van der Waals surface area contributed by atoms with Crippen molar-refractivity contribution in [2.24, 2.45) is 0 Å². The zero-order chi connectivity index (χ0) is 26.3. The van der Waals surface area contributed by atoms with E-state index in [9.17, 15) is 14.4 Å². The summed E-state index contributed by atoms with van der Waals surface area (Å²) < 4.78 is 17.4. The van der Waals surface area contributed by atoms with E-state index in [1.165, 1.54) is 38.1 Å². The SMILES string of the molecule is CCCc1[nH]n(-c2nc3ccccc3[nH]2)c(=O)c1C1CC(=O)N(c2cc(OC)c(OC)c(OC)c2)C1=O. The molecule has 1 aliphatic heterocycles. The topological polar surface area (TPSA) is 132 Å². The quantitative estimate of drug-likeness (QED) is 0.352. The molecule has 0 bridgehead atoms. The van der Waals surface area contributed by atoms with Crippen molar-refractivity contribution < 1.29 is 23.8 Å². The molecule has 1 atom stereocenters. The molecule has 11 nitrogen and oxygen atoms in total. The highest BCUT2D eigenvalue weighted by Gasteiger charge is 2.44. The molecule has 1 aliphatic rings. The van der Waals surface area contributed by atoms with Crippen LogP contribution >= 0.6 is 0 Å². The third-order valence-electron chi connectivity index (χ3n) is 6.50. The van der Waals surface area contributed by atoms with Gasteiger partial charge in [-0.3, -0.25) is 19.5 Å². The van der Waals surface area contributed by atoms with Crippen LogP contribution in [0.2, 0.25) is 0 Å². The van der Waals surface area contributed by atoms with E-state index in [0.717, 1.165) is 16.8 Å². The number of aromatic nitrogens is 4. The van der Waals surface area contributed by atoms with Crippen molar-refractivity contribution in [2.75, 3.05) is 26.2 Å². The first-order chi connectivity index (χ1) is 17.9. The number of methoxy groups -OCH3 is 3. The summed E-state index contributed by atoms with van der Waals surface area (Å²) in [5, 5.41) is 3.12. The normalized spacial score (nSPS) is 15.6. The molecule has 37 heavy (non-hydrogen) atoms. The molecule has 3 heterocycles. The van der Waals surface area contributed by atoms with Gasteiger partial charge in [0.1, 0.15) is 0 Å². The summed E-state index contributed by atoms with van der Waals surface area (Å²) in [4.78, 5) is 49.2. The Balaban J connectivity index is 1.58. The van der Waals surface area contributed by atoms with Gasteiger partial charge < -0.3 is 19.2 Å². The number of imide groups is 1. The minimum Gasteiger partial charge on any atom is -0.493 e.